The normalized spacial score (nSPS) is 24.7. The van der Waals surface area contributed by atoms with Crippen molar-refractivity contribution in [2.24, 2.45) is 5.73 Å². The Hall–Kier alpha value is -1.13. The molecule has 2 heterocycles. The van der Waals surface area contributed by atoms with Crippen molar-refractivity contribution in [3.8, 4) is 0 Å². The first-order valence-electron chi connectivity index (χ1n) is 6.64. The van der Waals surface area contributed by atoms with Crippen LogP contribution in [0.25, 0.3) is 10.9 Å². The molecule has 0 aliphatic carbocycles. The topological polar surface area (TPSA) is 42.1 Å². The van der Waals surface area contributed by atoms with Crippen LogP contribution in [0.15, 0.2) is 24.3 Å². The van der Waals surface area contributed by atoms with Crippen LogP contribution in [-0.2, 0) is 0 Å². The number of rotatable bonds is 2. The highest BCUT2D eigenvalue weighted by molar-refractivity contribution is 7.11. The third kappa shape index (κ3) is 1.89. The molecule has 96 valence electrons. The molecule has 1 aromatic heterocycles. The fourth-order valence-corrected chi connectivity index (χ4v) is 3.98. The van der Waals surface area contributed by atoms with Crippen LogP contribution in [0, 0.1) is 0 Å². The van der Waals surface area contributed by atoms with Gasteiger partial charge in [-0.1, -0.05) is 12.1 Å². The van der Waals surface area contributed by atoms with Gasteiger partial charge in [-0.25, -0.2) is 0 Å². The van der Waals surface area contributed by atoms with Crippen LogP contribution in [-0.4, -0.2) is 23.0 Å². The second-order valence-corrected chi connectivity index (χ2v) is 5.83. The summed E-state index contributed by atoms with van der Waals surface area (Å²) in [6.07, 6.45) is 3.74. The molecule has 1 aliphatic rings. The number of piperidine rings is 1. The van der Waals surface area contributed by atoms with E-state index in [-0.39, 0.29) is 0 Å². The number of aromatic nitrogens is 1. The summed E-state index contributed by atoms with van der Waals surface area (Å²) < 4.78 is 4.56. The number of hydrogen-bond acceptors (Lipinski definition) is 4. The van der Waals surface area contributed by atoms with Crippen molar-refractivity contribution >= 4 is 27.4 Å². The second kappa shape index (κ2) is 4.86. The fraction of sp³-hybridized carbons (Fsp3) is 0.500. The van der Waals surface area contributed by atoms with E-state index in [9.17, 15) is 0 Å². The number of benzene rings is 1. The van der Waals surface area contributed by atoms with Crippen molar-refractivity contribution in [3.63, 3.8) is 0 Å². The van der Waals surface area contributed by atoms with E-state index in [1.54, 1.807) is 11.5 Å². The van der Waals surface area contributed by atoms with E-state index in [4.69, 9.17) is 5.73 Å². The lowest BCUT2D eigenvalue weighted by atomic mass is 9.96. The lowest BCUT2D eigenvalue weighted by Crippen LogP contribution is -2.48. The van der Waals surface area contributed by atoms with E-state index in [0.29, 0.717) is 12.1 Å². The number of hydrogen-bond donors (Lipinski definition) is 1. The Bertz CT molecular complexity index is 537. The summed E-state index contributed by atoms with van der Waals surface area (Å²) in [5.74, 6) is 0. The maximum absolute atomic E-state index is 5.95. The van der Waals surface area contributed by atoms with Gasteiger partial charge in [0, 0.05) is 24.0 Å². The molecule has 2 aromatic rings. The smallest absolute Gasteiger partial charge is 0.120 e. The van der Waals surface area contributed by atoms with Gasteiger partial charge in [-0.15, -0.1) is 0 Å². The summed E-state index contributed by atoms with van der Waals surface area (Å²) in [5.41, 5.74) is 7.05. The fourth-order valence-electron chi connectivity index (χ4n) is 2.95. The molecule has 3 rings (SSSR count). The second-order valence-electron chi connectivity index (χ2n) is 5.08. The van der Waals surface area contributed by atoms with Crippen molar-refractivity contribution in [1.82, 2.24) is 4.37 Å². The van der Waals surface area contributed by atoms with Gasteiger partial charge in [-0.3, -0.25) is 0 Å². The standard InChI is InChI=1S/C14H19N3S/c1-10-5-4-6-11(9-15)17(10)14-12-7-2-3-8-13(12)16-18-14/h2-3,7-8,10-11H,4-6,9,15H2,1H3. The Morgan fingerprint density at radius 1 is 1.39 bits per heavy atom. The van der Waals surface area contributed by atoms with Crippen LogP contribution < -0.4 is 10.6 Å². The van der Waals surface area contributed by atoms with Crippen molar-refractivity contribution in [3.05, 3.63) is 24.3 Å². The summed E-state index contributed by atoms with van der Waals surface area (Å²) in [7, 11) is 0. The molecule has 2 unspecified atom stereocenters. The maximum Gasteiger partial charge on any atom is 0.120 e. The van der Waals surface area contributed by atoms with E-state index in [1.807, 2.05) is 6.07 Å². The van der Waals surface area contributed by atoms with Crippen LogP contribution in [0.3, 0.4) is 0 Å². The third-order valence-electron chi connectivity index (χ3n) is 3.90. The third-order valence-corrected chi connectivity index (χ3v) is 4.79. The van der Waals surface area contributed by atoms with Gasteiger partial charge in [-0.2, -0.15) is 4.37 Å². The summed E-state index contributed by atoms with van der Waals surface area (Å²) in [6, 6.07) is 9.43. The monoisotopic (exact) mass is 261 g/mol. The van der Waals surface area contributed by atoms with E-state index >= 15 is 0 Å². The molecule has 2 N–H and O–H groups in total. The van der Waals surface area contributed by atoms with E-state index in [1.165, 1.54) is 29.6 Å². The summed E-state index contributed by atoms with van der Waals surface area (Å²) in [6.45, 7) is 3.03. The SMILES string of the molecule is CC1CCCC(CN)N1c1snc2ccccc12. The van der Waals surface area contributed by atoms with E-state index in [0.717, 1.165) is 12.1 Å². The van der Waals surface area contributed by atoms with Gasteiger partial charge in [0.2, 0.25) is 0 Å². The van der Waals surface area contributed by atoms with Crippen LogP contribution in [0.1, 0.15) is 26.2 Å². The Labute approximate surface area is 112 Å². The van der Waals surface area contributed by atoms with E-state index in [2.05, 4.69) is 34.4 Å². The van der Waals surface area contributed by atoms with Gasteiger partial charge >= 0.3 is 0 Å². The van der Waals surface area contributed by atoms with Gasteiger partial charge < -0.3 is 10.6 Å². The van der Waals surface area contributed by atoms with Gasteiger partial charge in [0.05, 0.1) is 5.52 Å². The van der Waals surface area contributed by atoms with Crippen molar-refractivity contribution in [2.75, 3.05) is 11.4 Å². The molecule has 2 atom stereocenters. The largest absolute Gasteiger partial charge is 0.355 e. The molecule has 1 saturated heterocycles. The first kappa shape index (κ1) is 11.9. The average molecular weight is 261 g/mol. The van der Waals surface area contributed by atoms with Crippen LogP contribution in [0.5, 0.6) is 0 Å². The lowest BCUT2D eigenvalue weighted by Gasteiger charge is -2.41. The van der Waals surface area contributed by atoms with Gasteiger partial charge in [0.1, 0.15) is 5.00 Å². The highest BCUT2D eigenvalue weighted by atomic mass is 32.1. The average Bonchev–Trinajstić information content (AvgIpc) is 2.82. The Morgan fingerprint density at radius 3 is 3.06 bits per heavy atom. The molecule has 0 amide bonds. The predicted octanol–water partition coefficient (Wildman–Crippen LogP) is 3.00. The number of anilines is 1. The first-order valence-corrected chi connectivity index (χ1v) is 7.41. The molecule has 3 nitrogen and oxygen atoms in total. The lowest BCUT2D eigenvalue weighted by molar-refractivity contribution is 0.403. The minimum absolute atomic E-state index is 0.470. The predicted molar refractivity (Wildman–Crippen MR) is 78.3 cm³/mol. The van der Waals surface area contributed by atoms with Gasteiger partial charge in [0.25, 0.3) is 0 Å². The quantitative estimate of drug-likeness (QED) is 0.903. The molecule has 1 aromatic carbocycles. The summed E-state index contributed by atoms with van der Waals surface area (Å²) in [5, 5.41) is 2.57. The zero-order valence-corrected chi connectivity index (χ0v) is 11.5. The van der Waals surface area contributed by atoms with Crippen LogP contribution in [0.4, 0.5) is 5.00 Å². The molecule has 1 fully saturated rings. The number of nitrogens with two attached hydrogens (primary N) is 1. The summed E-state index contributed by atoms with van der Waals surface area (Å²) >= 11 is 1.61. The molecule has 1 aliphatic heterocycles. The number of fused-ring (bicyclic) bond motifs is 1. The van der Waals surface area contributed by atoms with Crippen LogP contribution in [0.2, 0.25) is 0 Å². The minimum atomic E-state index is 0.470. The van der Waals surface area contributed by atoms with Gasteiger partial charge in [0.15, 0.2) is 0 Å². The molecule has 0 bridgehead atoms. The number of nitrogens with zero attached hydrogens (tertiary/aromatic N) is 2. The molecule has 4 heteroatoms. The molecule has 18 heavy (non-hydrogen) atoms. The molecule has 0 radical (unpaired) electrons. The highest BCUT2D eigenvalue weighted by Gasteiger charge is 2.29. The van der Waals surface area contributed by atoms with Crippen molar-refractivity contribution in [1.29, 1.82) is 0 Å². The molecule has 0 spiro atoms. The first-order chi connectivity index (χ1) is 8.81. The van der Waals surface area contributed by atoms with Crippen molar-refractivity contribution in [2.45, 2.75) is 38.3 Å². The molecule has 0 saturated carbocycles. The molecular formula is C14H19N3S. The minimum Gasteiger partial charge on any atom is -0.355 e. The highest BCUT2D eigenvalue weighted by Crippen LogP contribution is 2.37. The van der Waals surface area contributed by atoms with E-state index < -0.39 is 0 Å². The zero-order chi connectivity index (χ0) is 12.5. The summed E-state index contributed by atoms with van der Waals surface area (Å²) in [4.78, 5) is 2.50. The Morgan fingerprint density at radius 2 is 2.22 bits per heavy atom. The van der Waals surface area contributed by atoms with Crippen LogP contribution >= 0.6 is 11.5 Å². The Kier molecular flexibility index (Phi) is 3.22. The molecular weight excluding hydrogens is 242 g/mol. The van der Waals surface area contributed by atoms with Gasteiger partial charge in [-0.05, 0) is 49.9 Å². The Balaban J connectivity index is 2.06. The zero-order valence-electron chi connectivity index (χ0n) is 10.7. The maximum atomic E-state index is 5.95. The van der Waals surface area contributed by atoms with Crippen molar-refractivity contribution < 1.29 is 0 Å².